The molecule has 0 saturated carbocycles. The quantitative estimate of drug-likeness (QED) is 0.883. The van der Waals surface area contributed by atoms with Crippen LogP contribution in [-0.2, 0) is 10.0 Å². The highest BCUT2D eigenvalue weighted by molar-refractivity contribution is 7.89. The Kier molecular flexibility index (Phi) is 5.43. The van der Waals surface area contributed by atoms with Gasteiger partial charge >= 0.3 is 0 Å². The SMILES string of the molecule is CC(C)C(C)NC(=O)c1cc(S(N)(=O)=O)c(Cl)cc1Cl. The molecule has 1 aromatic rings. The van der Waals surface area contributed by atoms with Gasteiger partial charge in [0, 0.05) is 6.04 Å². The first-order chi connectivity index (χ1) is 9.04. The Morgan fingerprint density at radius 3 is 2.20 bits per heavy atom. The summed E-state index contributed by atoms with van der Waals surface area (Å²) in [6.07, 6.45) is 0. The highest BCUT2D eigenvalue weighted by atomic mass is 35.5. The summed E-state index contributed by atoms with van der Waals surface area (Å²) in [5.41, 5.74) is 0.0209. The van der Waals surface area contributed by atoms with Gasteiger partial charge in [0.15, 0.2) is 0 Å². The van der Waals surface area contributed by atoms with Crippen LogP contribution in [0, 0.1) is 5.92 Å². The maximum absolute atomic E-state index is 12.1. The summed E-state index contributed by atoms with van der Waals surface area (Å²) in [6.45, 7) is 5.74. The Balaban J connectivity index is 3.22. The van der Waals surface area contributed by atoms with Crippen molar-refractivity contribution in [1.82, 2.24) is 5.32 Å². The number of carbonyl (C=O) groups excluding carboxylic acids is 1. The van der Waals surface area contributed by atoms with Crippen molar-refractivity contribution in [2.75, 3.05) is 0 Å². The minimum Gasteiger partial charge on any atom is -0.349 e. The summed E-state index contributed by atoms with van der Waals surface area (Å²) in [5.74, 6) is -0.250. The zero-order valence-electron chi connectivity index (χ0n) is 11.3. The van der Waals surface area contributed by atoms with Crippen molar-refractivity contribution in [2.24, 2.45) is 11.1 Å². The number of carbonyl (C=O) groups is 1. The molecule has 0 radical (unpaired) electrons. The van der Waals surface area contributed by atoms with E-state index < -0.39 is 15.9 Å². The summed E-state index contributed by atoms with van der Waals surface area (Å²) in [5, 5.41) is 7.72. The topological polar surface area (TPSA) is 89.3 Å². The van der Waals surface area contributed by atoms with Crippen LogP contribution in [0.5, 0.6) is 0 Å². The van der Waals surface area contributed by atoms with Crippen LogP contribution in [0.3, 0.4) is 0 Å². The van der Waals surface area contributed by atoms with Crippen molar-refractivity contribution >= 4 is 39.1 Å². The van der Waals surface area contributed by atoms with E-state index in [1.165, 1.54) is 6.07 Å². The lowest BCUT2D eigenvalue weighted by Gasteiger charge is -2.18. The van der Waals surface area contributed by atoms with Gasteiger partial charge in [0.05, 0.1) is 15.6 Å². The second-order valence-corrected chi connectivity index (χ2v) is 7.16. The van der Waals surface area contributed by atoms with Crippen molar-refractivity contribution in [1.29, 1.82) is 0 Å². The third-order valence-electron chi connectivity index (χ3n) is 2.93. The van der Waals surface area contributed by atoms with Crippen LogP contribution in [0.4, 0.5) is 0 Å². The number of hydrogen-bond acceptors (Lipinski definition) is 3. The van der Waals surface area contributed by atoms with E-state index in [0.29, 0.717) is 0 Å². The largest absolute Gasteiger partial charge is 0.349 e. The number of benzene rings is 1. The van der Waals surface area contributed by atoms with Gasteiger partial charge < -0.3 is 5.32 Å². The fourth-order valence-electron chi connectivity index (χ4n) is 1.37. The molecule has 20 heavy (non-hydrogen) atoms. The monoisotopic (exact) mass is 338 g/mol. The number of rotatable bonds is 4. The molecule has 0 fully saturated rings. The van der Waals surface area contributed by atoms with Crippen LogP contribution in [0.25, 0.3) is 0 Å². The molecule has 0 aromatic heterocycles. The van der Waals surface area contributed by atoms with E-state index in [2.05, 4.69) is 5.32 Å². The molecule has 5 nitrogen and oxygen atoms in total. The van der Waals surface area contributed by atoms with Crippen LogP contribution >= 0.6 is 23.2 Å². The highest BCUT2D eigenvalue weighted by Crippen LogP contribution is 2.28. The number of halogens is 2. The van der Waals surface area contributed by atoms with Crippen LogP contribution in [0.15, 0.2) is 17.0 Å². The minimum atomic E-state index is -4.02. The molecule has 8 heteroatoms. The molecule has 3 N–H and O–H groups in total. The van der Waals surface area contributed by atoms with Crippen molar-refractivity contribution in [3.8, 4) is 0 Å². The lowest BCUT2D eigenvalue weighted by molar-refractivity contribution is 0.0930. The lowest BCUT2D eigenvalue weighted by Crippen LogP contribution is -2.36. The Bertz CT molecular complexity index is 630. The van der Waals surface area contributed by atoms with Gasteiger partial charge in [-0.1, -0.05) is 37.0 Å². The molecule has 1 atom stereocenters. The molecule has 1 aromatic carbocycles. The van der Waals surface area contributed by atoms with Crippen LogP contribution < -0.4 is 10.5 Å². The van der Waals surface area contributed by atoms with E-state index in [9.17, 15) is 13.2 Å². The van der Waals surface area contributed by atoms with Crippen LogP contribution in [0.2, 0.25) is 10.0 Å². The average Bonchev–Trinajstić information content (AvgIpc) is 2.26. The second-order valence-electron chi connectivity index (χ2n) is 4.81. The lowest BCUT2D eigenvalue weighted by atomic mass is 10.1. The predicted molar refractivity (Wildman–Crippen MR) is 79.6 cm³/mol. The Morgan fingerprint density at radius 2 is 1.75 bits per heavy atom. The molecular formula is C12H16Cl2N2O3S. The molecule has 0 aliphatic heterocycles. The molecule has 112 valence electrons. The van der Waals surface area contributed by atoms with E-state index >= 15 is 0 Å². The average molecular weight is 339 g/mol. The van der Waals surface area contributed by atoms with Crippen molar-refractivity contribution < 1.29 is 13.2 Å². The Hall–Kier alpha value is -0.820. The Labute approximate surface area is 128 Å². The highest BCUT2D eigenvalue weighted by Gasteiger charge is 2.21. The summed E-state index contributed by atoms with van der Waals surface area (Å²) >= 11 is 11.7. The summed E-state index contributed by atoms with van der Waals surface area (Å²) in [6, 6.07) is 2.19. The van der Waals surface area contributed by atoms with Crippen molar-refractivity contribution in [3.63, 3.8) is 0 Å². The molecule has 1 unspecified atom stereocenters. The minimum absolute atomic E-state index is 0.0209. The van der Waals surface area contributed by atoms with Gasteiger partial charge in [0.2, 0.25) is 10.0 Å². The predicted octanol–water partition coefficient (Wildman–Crippen LogP) is 2.42. The van der Waals surface area contributed by atoms with E-state index in [0.717, 1.165) is 6.07 Å². The van der Waals surface area contributed by atoms with Gasteiger partial charge in [-0.25, -0.2) is 13.6 Å². The number of hydrogen-bond donors (Lipinski definition) is 2. The molecule has 0 aliphatic rings. The molecule has 0 heterocycles. The van der Waals surface area contributed by atoms with E-state index in [1.807, 2.05) is 20.8 Å². The standard InChI is InChI=1S/C12H16Cl2N2O3S/c1-6(2)7(3)16-12(17)8-4-11(20(15,18)19)10(14)5-9(8)13/h4-7H,1-3H3,(H,16,17)(H2,15,18,19). The molecule has 1 amide bonds. The third kappa shape index (κ3) is 4.09. The van der Waals surface area contributed by atoms with Gasteiger partial charge in [-0.3, -0.25) is 4.79 Å². The van der Waals surface area contributed by atoms with E-state index in [1.54, 1.807) is 0 Å². The van der Waals surface area contributed by atoms with Gasteiger partial charge in [-0.05, 0) is 25.0 Å². The molecule has 0 bridgehead atoms. The van der Waals surface area contributed by atoms with Crippen LogP contribution in [-0.4, -0.2) is 20.4 Å². The Morgan fingerprint density at radius 1 is 1.20 bits per heavy atom. The van der Waals surface area contributed by atoms with Crippen molar-refractivity contribution in [3.05, 3.63) is 27.7 Å². The third-order valence-corrected chi connectivity index (χ3v) is 4.62. The number of nitrogens with two attached hydrogens (primary N) is 1. The molecule has 1 rings (SSSR count). The first kappa shape index (κ1) is 17.2. The molecule has 0 aliphatic carbocycles. The summed E-state index contributed by atoms with van der Waals surface area (Å²) < 4.78 is 22.8. The smallest absolute Gasteiger partial charge is 0.253 e. The number of primary sulfonamides is 1. The number of nitrogens with one attached hydrogen (secondary N) is 1. The van der Waals surface area contributed by atoms with Crippen LogP contribution in [0.1, 0.15) is 31.1 Å². The summed E-state index contributed by atoms with van der Waals surface area (Å²) in [4.78, 5) is 11.8. The second kappa shape index (κ2) is 6.30. The molecule has 0 spiro atoms. The van der Waals surface area contributed by atoms with E-state index in [4.69, 9.17) is 28.3 Å². The fraction of sp³-hybridized carbons (Fsp3) is 0.417. The zero-order chi connectivity index (χ0) is 15.7. The van der Waals surface area contributed by atoms with Gasteiger partial charge in [0.25, 0.3) is 5.91 Å². The fourth-order valence-corrected chi connectivity index (χ4v) is 2.78. The van der Waals surface area contributed by atoms with Crippen molar-refractivity contribution in [2.45, 2.75) is 31.7 Å². The van der Waals surface area contributed by atoms with Gasteiger partial charge in [-0.15, -0.1) is 0 Å². The molecular weight excluding hydrogens is 323 g/mol. The van der Waals surface area contributed by atoms with Gasteiger partial charge in [0.1, 0.15) is 4.90 Å². The first-order valence-electron chi connectivity index (χ1n) is 5.86. The van der Waals surface area contributed by atoms with E-state index in [-0.39, 0.29) is 32.5 Å². The molecule has 0 saturated heterocycles. The zero-order valence-corrected chi connectivity index (χ0v) is 13.6. The summed E-state index contributed by atoms with van der Waals surface area (Å²) in [7, 11) is -4.02. The normalized spacial score (nSPS) is 13.3. The maximum Gasteiger partial charge on any atom is 0.253 e. The number of amides is 1. The number of sulfonamides is 1. The van der Waals surface area contributed by atoms with Gasteiger partial charge in [-0.2, -0.15) is 0 Å². The maximum atomic E-state index is 12.1. The first-order valence-corrected chi connectivity index (χ1v) is 8.17.